The number of rotatable bonds is 6. The van der Waals surface area contributed by atoms with Gasteiger partial charge in [0.05, 0.1) is 36.2 Å². The number of nitrogens with zero attached hydrogens (tertiary/aromatic N) is 4. The lowest BCUT2D eigenvalue weighted by molar-refractivity contribution is 0.623. The smallest absolute Gasteiger partial charge is 0.141 e. The van der Waals surface area contributed by atoms with Gasteiger partial charge in [0.2, 0.25) is 0 Å². The average molecular weight is 633 g/mol. The third-order valence-corrected chi connectivity index (χ3v) is 8.18. The summed E-state index contributed by atoms with van der Waals surface area (Å²) in [6.07, 6.45) is 0. The van der Waals surface area contributed by atoms with Gasteiger partial charge in [0.25, 0.3) is 0 Å². The number of para-hydroxylation sites is 2. The molecule has 0 amide bonds. The third-order valence-electron chi connectivity index (χ3n) is 8.18. The minimum atomic E-state index is -0.818. The van der Waals surface area contributed by atoms with Crippen molar-refractivity contribution in [3.8, 4) is 12.1 Å². The van der Waals surface area contributed by atoms with Crippen LogP contribution < -0.4 is 9.80 Å². The number of halogens is 2. The van der Waals surface area contributed by atoms with E-state index in [4.69, 9.17) is 13.7 Å². The number of benzene rings is 8. The molecule has 0 aromatic heterocycles. The Morgan fingerprint density at radius 1 is 0.479 bits per heavy atom. The zero-order valence-electron chi connectivity index (χ0n) is 34.6. The molecule has 0 N–H and O–H groups in total. The highest BCUT2D eigenvalue weighted by Gasteiger charge is 2.22. The van der Waals surface area contributed by atoms with Crippen molar-refractivity contribution in [1.82, 2.24) is 0 Å². The van der Waals surface area contributed by atoms with Crippen molar-refractivity contribution in [2.75, 3.05) is 9.80 Å². The Morgan fingerprint density at radius 2 is 0.875 bits per heavy atom. The molecular formula is C42H24F2N4. The van der Waals surface area contributed by atoms with Crippen molar-refractivity contribution in [2.24, 2.45) is 0 Å². The van der Waals surface area contributed by atoms with Crippen LogP contribution in [0.25, 0.3) is 32.3 Å². The van der Waals surface area contributed by atoms with Crippen LogP contribution in [0, 0.1) is 34.3 Å². The van der Waals surface area contributed by atoms with Crippen LogP contribution in [0.5, 0.6) is 0 Å². The fourth-order valence-electron chi connectivity index (χ4n) is 6.12. The molecule has 0 heterocycles. The molecule has 0 unspecified atom stereocenters. The molecule has 226 valence electrons. The standard InChI is InChI=1S/C42H24F2N4/c43-37-19-15-33(23-29(37)25-45)47(31-7-3-1-4-8-31)39-21-13-27-12-18-36-40(22-14-28-11-17-35(39)41(27)42(28)36)48(32-9-5-2-6-10-32)34-16-20-38(44)30(24-34)26-46/h1-24H/i1D,2D,3D,4D,5D,6D,7D,8D,9D,10D. The highest BCUT2D eigenvalue weighted by atomic mass is 19.1. The van der Waals surface area contributed by atoms with Crippen LogP contribution in [-0.2, 0) is 0 Å². The fourth-order valence-corrected chi connectivity index (χ4v) is 6.12. The number of anilines is 6. The van der Waals surface area contributed by atoms with Gasteiger partial charge in [0, 0.05) is 33.5 Å². The summed E-state index contributed by atoms with van der Waals surface area (Å²) in [6.45, 7) is 0. The summed E-state index contributed by atoms with van der Waals surface area (Å²) in [7, 11) is 0. The van der Waals surface area contributed by atoms with Gasteiger partial charge in [-0.05, 0) is 94.2 Å². The van der Waals surface area contributed by atoms with Gasteiger partial charge in [-0.15, -0.1) is 0 Å². The maximum atomic E-state index is 14.7. The van der Waals surface area contributed by atoms with E-state index in [2.05, 4.69) is 0 Å². The molecular weight excluding hydrogens is 598 g/mol. The first-order valence-electron chi connectivity index (χ1n) is 19.5. The van der Waals surface area contributed by atoms with E-state index in [1.54, 1.807) is 60.7 Å². The molecule has 0 aliphatic heterocycles. The molecule has 0 aliphatic rings. The maximum Gasteiger partial charge on any atom is 0.141 e. The summed E-state index contributed by atoms with van der Waals surface area (Å²) >= 11 is 0. The van der Waals surface area contributed by atoms with Gasteiger partial charge >= 0.3 is 0 Å². The van der Waals surface area contributed by atoms with Crippen LogP contribution in [0.15, 0.2) is 145 Å². The second-order valence-electron chi connectivity index (χ2n) is 10.8. The van der Waals surface area contributed by atoms with Gasteiger partial charge in [0.15, 0.2) is 0 Å². The largest absolute Gasteiger partial charge is 0.310 e. The molecule has 8 rings (SSSR count). The van der Waals surface area contributed by atoms with Gasteiger partial charge in [-0.2, -0.15) is 10.5 Å². The molecule has 6 heteroatoms. The Balaban J connectivity index is 1.49. The van der Waals surface area contributed by atoms with E-state index in [1.807, 2.05) is 0 Å². The minimum absolute atomic E-state index is 0.129. The van der Waals surface area contributed by atoms with E-state index in [9.17, 15) is 19.3 Å². The Kier molecular flexibility index (Phi) is 4.74. The number of hydrogen-bond acceptors (Lipinski definition) is 4. The lowest BCUT2D eigenvalue weighted by Gasteiger charge is -2.29. The van der Waals surface area contributed by atoms with Gasteiger partial charge in [-0.25, -0.2) is 8.78 Å². The Hall–Kier alpha value is -6.76. The van der Waals surface area contributed by atoms with Crippen molar-refractivity contribution >= 4 is 66.4 Å². The van der Waals surface area contributed by atoms with Crippen LogP contribution in [0.2, 0.25) is 0 Å². The molecule has 0 saturated heterocycles. The second kappa shape index (κ2) is 11.6. The minimum Gasteiger partial charge on any atom is -0.310 e. The van der Waals surface area contributed by atoms with Gasteiger partial charge in [0.1, 0.15) is 23.8 Å². The first-order chi connectivity index (χ1) is 27.7. The number of nitriles is 2. The van der Waals surface area contributed by atoms with Gasteiger partial charge in [-0.3, -0.25) is 0 Å². The summed E-state index contributed by atoms with van der Waals surface area (Å²) in [5.41, 5.74) is -0.325. The van der Waals surface area contributed by atoms with Crippen LogP contribution in [0.4, 0.5) is 42.9 Å². The highest BCUT2D eigenvalue weighted by Crippen LogP contribution is 2.47. The Morgan fingerprint density at radius 3 is 1.27 bits per heavy atom. The molecule has 0 radical (unpaired) electrons. The van der Waals surface area contributed by atoms with Crippen molar-refractivity contribution in [2.45, 2.75) is 0 Å². The van der Waals surface area contributed by atoms with Gasteiger partial charge < -0.3 is 9.80 Å². The molecule has 0 fully saturated rings. The maximum absolute atomic E-state index is 14.7. The van der Waals surface area contributed by atoms with Crippen LogP contribution >= 0.6 is 0 Å². The number of hydrogen-bond donors (Lipinski definition) is 0. The van der Waals surface area contributed by atoms with Gasteiger partial charge in [-0.1, -0.05) is 72.7 Å². The van der Waals surface area contributed by atoms with E-state index < -0.39 is 72.1 Å². The SMILES string of the molecule is [2H]c1c([2H])c([2H])c(N(c2ccc(F)c(C#N)c2)c2ccc3ccc4c(N(c5ccc(F)c(C#N)c5)c5c([2H])c([2H])c([2H])c([2H])c5[2H])ccc5ccc2c3c54)c([2H])c1[2H]. The third kappa shape index (κ3) is 4.64. The topological polar surface area (TPSA) is 54.1 Å². The first-order valence-corrected chi connectivity index (χ1v) is 14.5. The van der Waals surface area contributed by atoms with Crippen molar-refractivity contribution < 1.29 is 22.5 Å². The molecule has 0 saturated carbocycles. The van der Waals surface area contributed by atoms with Crippen LogP contribution in [0.1, 0.15) is 24.8 Å². The lowest BCUT2D eigenvalue weighted by atomic mass is 9.91. The molecule has 8 aromatic rings. The molecule has 8 aromatic carbocycles. The van der Waals surface area contributed by atoms with Crippen LogP contribution in [0.3, 0.4) is 0 Å². The lowest BCUT2D eigenvalue weighted by Crippen LogP contribution is -2.12. The van der Waals surface area contributed by atoms with E-state index >= 15 is 0 Å². The summed E-state index contributed by atoms with van der Waals surface area (Å²) in [6, 6.07) is 19.0. The van der Waals surface area contributed by atoms with Crippen molar-refractivity contribution in [3.05, 3.63) is 168 Å². The molecule has 0 bridgehead atoms. The second-order valence-corrected chi connectivity index (χ2v) is 10.8. The van der Waals surface area contributed by atoms with Crippen molar-refractivity contribution in [1.29, 1.82) is 10.5 Å². The molecule has 0 aliphatic carbocycles. The molecule has 48 heavy (non-hydrogen) atoms. The van der Waals surface area contributed by atoms with Crippen LogP contribution in [-0.4, -0.2) is 0 Å². The Bertz CT molecular complexity index is 2890. The summed E-state index contributed by atoms with van der Waals surface area (Å²) < 4.78 is 115. The van der Waals surface area contributed by atoms with E-state index in [1.165, 1.54) is 34.1 Å². The first kappa shape index (κ1) is 19.7. The predicted molar refractivity (Wildman–Crippen MR) is 189 cm³/mol. The summed E-state index contributed by atoms with van der Waals surface area (Å²) in [5, 5.41) is 23.2. The van der Waals surface area contributed by atoms with E-state index in [-0.39, 0.29) is 33.9 Å². The normalized spacial score (nSPS) is 14.0. The Labute approximate surface area is 289 Å². The molecule has 0 spiro atoms. The zero-order valence-corrected chi connectivity index (χ0v) is 24.6. The zero-order chi connectivity index (χ0) is 41.5. The fraction of sp³-hybridized carbons (Fsp3) is 0. The predicted octanol–water partition coefficient (Wildman–Crippen LogP) is 11.5. The molecule has 0 atom stereocenters. The summed E-state index contributed by atoms with van der Waals surface area (Å²) in [5.74, 6) is -1.64. The monoisotopic (exact) mass is 632 g/mol. The van der Waals surface area contributed by atoms with E-state index in [0.717, 1.165) is 12.1 Å². The summed E-state index contributed by atoms with van der Waals surface area (Å²) in [4.78, 5) is 2.77. The average Bonchev–Trinajstić information content (AvgIpc) is 3.23. The molecule has 4 nitrogen and oxygen atoms in total. The quantitative estimate of drug-likeness (QED) is 0.171. The van der Waals surface area contributed by atoms with E-state index in [0.29, 0.717) is 43.7 Å². The van der Waals surface area contributed by atoms with Crippen molar-refractivity contribution in [3.63, 3.8) is 0 Å². The highest BCUT2D eigenvalue weighted by molar-refractivity contribution is 6.28.